The minimum absolute atomic E-state index is 0.558. The summed E-state index contributed by atoms with van der Waals surface area (Å²) in [5.41, 5.74) is 1.92. The number of benzene rings is 2. The van der Waals surface area contributed by atoms with Crippen LogP contribution in [0, 0.1) is 13.0 Å². The van der Waals surface area contributed by atoms with Gasteiger partial charge in [-0.2, -0.15) is 0 Å². The first-order valence-corrected chi connectivity index (χ1v) is 6.94. The Bertz CT molecular complexity index is 690. The molecule has 0 atom stereocenters. The lowest BCUT2D eigenvalue weighted by molar-refractivity contribution is 0.319. The highest BCUT2D eigenvalue weighted by molar-refractivity contribution is 5.53. The zero-order valence-corrected chi connectivity index (χ0v) is 11.9. The molecule has 0 spiro atoms. The maximum absolute atomic E-state index is 5.73. The maximum Gasteiger partial charge on any atom is 0.226 e. The van der Waals surface area contributed by atoms with Crippen molar-refractivity contribution in [1.29, 1.82) is 0 Å². The highest BCUT2D eigenvalue weighted by Gasteiger charge is 2.11. The van der Waals surface area contributed by atoms with Crippen LogP contribution in [-0.2, 0) is 6.42 Å². The molecular formula is C18H16NO2. The Balaban J connectivity index is 1.65. The lowest BCUT2D eigenvalue weighted by atomic mass is 10.2. The third-order valence-electron chi connectivity index (χ3n) is 3.19. The minimum atomic E-state index is 0.558. The number of hydrogen-bond donors (Lipinski definition) is 0. The zero-order chi connectivity index (χ0) is 14.5. The molecule has 0 N–H and O–H groups in total. The Morgan fingerprint density at radius 1 is 1.10 bits per heavy atom. The summed E-state index contributed by atoms with van der Waals surface area (Å²) in [4.78, 5) is 4.55. The monoisotopic (exact) mass is 278 g/mol. The van der Waals surface area contributed by atoms with E-state index in [1.54, 1.807) is 0 Å². The Morgan fingerprint density at radius 3 is 2.67 bits per heavy atom. The van der Waals surface area contributed by atoms with E-state index in [4.69, 9.17) is 9.15 Å². The molecule has 0 amide bonds. The molecule has 0 aliphatic rings. The largest absolute Gasteiger partial charge is 0.493 e. The van der Waals surface area contributed by atoms with Crippen molar-refractivity contribution in [2.75, 3.05) is 6.61 Å². The van der Waals surface area contributed by atoms with Crippen LogP contribution >= 0.6 is 0 Å². The van der Waals surface area contributed by atoms with Gasteiger partial charge in [0, 0.05) is 18.1 Å². The van der Waals surface area contributed by atoms with Crippen LogP contribution in [0.1, 0.15) is 11.5 Å². The summed E-state index contributed by atoms with van der Waals surface area (Å²) in [6.07, 6.45) is 0.713. The summed E-state index contributed by atoms with van der Waals surface area (Å²) in [5, 5.41) is 0. The molecule has 1 heterocycles. The van der Waals surface area contributed by atoms with Gasteiger partial charge in [0.2, 0.25) is 5.89 Å². The Hall–Kier alpha value is -2.55. The van der Waals surface area contributed by atoms with E-state index in [1.165, 1.54) is 0 Å². The second-order valence-electron chi connectivity index (χ2n) is 4.71. The quantitative estimate of drug-likeness (QED) is 0.705. The number of aromatic nitrogens is 1. The van der Waals surface area contributed by atoms with Gasteiger partial charge in [-0.1, -0.05) is 36.4 Å². The summed E-state index contributed by atoms with van der Waals surface area (Å²) in [5.74, 6) is 2.26. The van der Waals surface area contributed by atoms with E-state index < -0.39 is 0 Å². The average molecular weight is 278 g/mol. The Kier molecular flexibility index (Phi) is 4.01. The summed E-state index contributed by atoms with van der Waals surface area (Å²) in [6, 6.07) is 20.5. The molecule has 3 heteroatoms. The molecule has 0 saturated heterocycles. The van der Waals surface area contributed by atoms with Crippen molar-refractivity contribution in [2.45, 2.75) is 13.3 Å². The smallest absolute Gasteiger partial charge is 0.226 e. The summed E-state index contributed by atoms with van der Waals surface area (Å²) < 4.78 is 11.4. The van der Waals surface area contributed by atoms with E-state index in [2.05, 4.69) is 11.1 Å². The van der Waals surface area contributed by atoms with E-state index in [0.717, 1.165) is 22.8 Å². The average Bonchev–Trinajstić information content (AvgIpc) is 2.91. The molecule has 0 aliphatic heterocycles. The van der Waals surface area contributed by atoms with Crippen LogP contribution in [0.2, 0.25) is 0 Å². The van der Waals surface area contributed by atoms with Crippen molar-refractivity contribution in [3.8, 4) is 17.2 Å². The molecule has 1 aromatic heterocycles. The molecule has 105 valence electrons. The summed E-state index contributed by atoms with van der Waals surface area (Å²) >= 11 is 0. The standard InChI is InChI=1S/C18H16NO2/c1-14-17(12-13-20-16-10-6-3-7-11-16)19-18(21-14)15-8-4-2-5-9-15/h2-10H,12-13H2,1H3. The molecule has 0 saturated carbocycles. The molecule has 3 rings (SSSR count). The van der Waals surface area contributed by atoms with Crippen molar-refractivity contribution < 1.29 is 9.15 Å². The lowest BCUT2D eigenvalue weighted by Gasteiger charge is -2.03. The molecule has 1 radical (unpaired) electrons. The van der Waals surface area contributed by atoms with Gasteiger partial charge in [-0.15, -0.1) is 0 Å². The Morgan fingerprint density at radius 2 is 1.90 bits per heavy atom. The number of aryl methyl sites for hydroxylation is 1. The molecule has 0 bridgehead atoms. The van der Waals surface area contributed by atoms with E-state index in [-0.39, 0.29) is 0 Å². The van der Waals surface area contributed by atoms with Crippen LogP contribution in [0.15, 0.2) is 59.0 Å². The SMILES string of the molecule is Cc1oc(-c2ccccc2)nc1CCOc1[c]cccc1. The van der Waals surface area contributed by atoms with Crippen molar-refractivity contribution in [1.82, 2.24) is 4.98 Å². The molecule has 3 nitrogen and oxygen atoms in total. The fourth-order valence-corrected chi connectivity index (χ4v) is 2.09. The molecule has 3 aromatic rings. The first-order chi connectivity index (χ1) is 10.3. The van der Waals surface area contributed by atoms with E-state index in [0.29, 0.717) is 18.9 Å². The van der Waals surface area contributed by atoms with Crippen molar-refractivity contribution in [2.24, 2.45) is 0 Å². The highest BCUT2D eigenvalue weighted by Crippen LogP contribution is 2.21. The van der Waals surface area contributed by atoms with E-state index in [9.17, 15) is 0 Å². The summed E-state index contributed by atoms with van der Waals surface area (Å²) in [6.45, 7) is 2.49. The molecule has 0 unspecified atom stereocenters. The second kappa shape index (κ2) is 6.27. The number of hydrogen-bond acceptors (Lipinski definition) is 3. The van der Waals surface area contributed by atoms with Crippen LogP contribution in [-0.4, -0.2) is 11.6 Å². The molecule has 0 aliphatic carbocycles. The number of oxazole rings is 1. The number of ether oxygens (including phenoxy) is 1. The predicted molar refractivity (Wildman–Crippen MR) is 81.2 cm³/mol. The molecule has 21 heavy (non-hydrogen) atoms. The fourth-order valence-electron chi connectivity index (χ4n) is 2.09. The third-order valence-corrected chi connectivity index (χ3v) is 3.19. The van der Waals surface area contributed by atoms with E-state index in [1.807, 2.05) is 61.5 Å². The van der Waals surface area contributed by atoms with Gasteiger partial charge in [-0.3, -0.25) is 0 Å². The van der Waals surface area contributed by atoms with Crippen molar-refractivity contribution in [3.63, 3.8) is 0 Å². The molecular weight excluding hydrogens is 262 g/mol. The fraction of sp³-hybridized carbons (Fsp3) is 0.167. The van der Waals surface area contributed by atoms with Crippen molar-refractivity contribution in [3.05, 3.63) is 72.1 Å². The van der Waals surface area contributed by atoms with Gasteiger partial charge in [0.1, 0.15) is 11.5 Å². The number of para-hydroxylation sites is 1. The van der Waals surface area contributed by atoms with Gasteiger partial charge in [0.25, 0.3) is 0 Å². The topological polar surface area (TPSA) is 35.3 Å². The maximum atomic E-state index is 5.73. The van der Waals surface area contributed by atoms with E-state index >= 15 is 0 Å². The number of nitrogens with zero attached hydrogens (tertiary/aromatic N) is 1. The van der Waals surface area contributed by atoms with Crippen LogP contribution in [0.4, 0.5) is 0 Å². The van der Waals surface area contributed by atoms with Gasteiger partial charge in [0.05, 0.1) is 12.3 Å². The Labute approximate surface area is 124 Å². The number of rotatable bonds is 5. The first kappa shape index (κ1) is 13.4. The second-order valence-corrected chi connectivity index (χ2v) is 4.71. The van der Waals surface area contributed by atoms with Crippen LogP contribution < -0.4 is 4.74 Å². The normalized spacial score (nSPS) is 10.5. The van der Waals surface area contributed by atoms with Gasteiger partial charge in [-0.05, 0) is 25.1 Å². The zero-order valence-electron chi connectivity index (χ0n) is 11.9. The highest BCUT2D eigenvalue weighted by atomic mass is 16.5. The van der Waals surface area contributed by atoms with Crippen LogP contribution in [0.25, 0.3) is 11.5 Å². The minimum Gasteiger partial charge on any atom is -0.493 e. The van der Waals surface area contributed by atoms with Gasteiger partial charge >= 0.3 is 0 Å². The van der Waals surface area contributed by atoms with Gasteiger partial charge in [-0.25, -0.2) is 4.98 Å². The predicted octanol–water partition coefficient (Wildman–Crippen LogP) is 4.07. The third kappa shape index (κ3) is 3.31. The van der Waals surface area contributed by atoms with Crippen molar-refractivity contribution >= 4 is 0 Å². The van der Waals surface area contributed by atoms with Gasteiger partial charge in [0.15, 0.2) is 0 Å². The lowest BCUT2D eigenvalue weighted by Crippen LogP contribution is -2.02. The van der Waals surface area contributed by atoms with Crippen LogP contribution in [0.5, 0.6) is 5.75 Å². The first-order valence-electron chi connectivity index (χ1n) is 6.94. The summed E-state index contributed by atoms with van der Waals surface area (Å²) in [7, 11) is 0. The molecule has 2 aromatic carbocycles. The van der Waals surface area contributed by atoms with Gasteiger partial charge < -0.3 is 9.15 Å². The van der Waals surface area contributed by atoms with Crippen LogP contribution in [0.3, 0.4) is 0 Å². The molecule has 0 fully saturated rings.